The molecule has 5 heteroatoms. The Hall–Kier alpha value is -2.17. The van der Waals surface area contributed by atoms with Gasteiger partial charge < -0.3 is 4.90 Å². The molecule has 2 amide bonds. The highest BCUT2D eigenvalue weighted by Gasteiger charge is 2.28. The Labute approximate surface area is 117 Å². The highest BCUT2D eigenvalue weighted by molar-refractivity contribution is 6.44. The van der Waals surface area contributed by atoms with Crippen LogP contribution in [0.15, 0.2) is 23.3 Å². The van der Waals surface area contributed by atoms with E-state index in [0.29, 0.717) is 25.1 Å². The van der Waals surface area contributed by atoms with Crippen molar-refractivity contribution in [1.29, 1.82) is 0 Å². The fourth-order valence-corrected chi connectivity index (χ4v) is 2.83. The first-order valence-corrected chi connectivity index (χ1v) is 6.92. The highest BCUT2D eigenvalue weighted by Crippen LogP contribution is 2.30. The standard InChI is InChI=1S/C15H17N3O2/c1-10-4-2-5-11-6-3-9-18(14(10)11)15(20)12-7-8-13(19)17-16-12/h2,4-5H,3,6-9H2,1H3,(H,17,19). The SMILES string of the molecule is Cc1cccc2c1N(C(=O)C1=NNC(=O)CC1)CCC2. The second-order valence-electron chi connectivity index (χ2n) is 5.24. The summed E-state index contributed by atoms with van der Waals surface area (Å²) >= 11 is 0. The smallest absolute Gasteiger partial charge is 0.274 e. The number of nitrogens with zero attached hydrogens (tertiary/aromatic N) is 2. The van der Waals surface area contributed by atoms with Crippen molar-refractivity contribution in [1.82, 2.24) is 5.43 Å². The summed E-state index contributed by atoms with van der Waals surface area (Å²) < 4.78 is 0. The Kier molecular flexibility index (Phi) is 3.26. The van der Waals surface area contributed by atoms with Crippen LogP contribution in [0.1, 0.15) is 30.4 Å². The average Bonchev–Trinajstić information content (AvgIpc) is 2.47. The maximum atomic E-state index is 12.6. The van der Waals surface area contributed by atoms with E-state index in [0.717, 1.165) is 24.1 Å². The number of nitrogens with one attached hydrogen (secondary N) is 1. The van der Waals surface area contributed by atoms with Gasteiger partial charge in [0.05, 0.1) is 5.69 Å². The lowest BCUT2D eigenvalue weighted by Gasteiger charge is -2.31. The minimum absolute atomic E-state index is 0.0831. The Bertz CT molecular complexity index is 607. The fraction of sp³-hybridized carbons (Fsp3) is 0.400. The van der Waals surface area contributed by atoms with E-state index in [1.165, 1.54) is 5.56 Å². The molecule has 2 aliphatic heterocycles. The van der Waals surface area contributed by atoms with Crippen molar-refractivity contribution in [2.45, 2.75) is 32.6 Å². The van der Waals surface area contributed by atoms with Gasteiger partial charge in [-0.3, -0.25) is 9.59 Å². The molecule has 2 heterocycles. The van der Waals surface area contributed by atoms with Gasteiger partial charge in [0.1, 0.15) is 5.71 Å². The minimum Gasteiger partial charge on any atom is -0.307 e. The van der Waals surface area contributed by atoms with E-state index < -0.39 is 0 Å². The number of amides is 2. The molecule has 5 nitrogen and oxygen atoms in total. The zero-order valence-electron chi connectivity index (χ0n) is 11.5. The number of aryl methyl sites for hydroxylation is 2. The molecule has 20 heavy (non-hydrogen) atoms. The summed E-state index contributed by atoms with van der Waals surface area (Å²) in [4.78, 5) is 25.5. The largest absolute Gasteiger partial charge is 0.307 e. The van der Waals surface area contributed by atoms with Crippen LogP contribution in [0, 0.1) is 6.92 Å². The number of anilines is 1. The first kappa shape index (κ1) is 12.8. The molecule has 0 fully saturated rings. The van der Waals surface area contributed by atoms with Crippen LogP contribution in [-0.4, -0.2) is 24.1 Å². The molecule has 1 N–H and O–H groups in total. The predicted molar refractivity (Wildman–Crippen MR) is 76.7 cm³/mol. The van der Waals surface area contributed by atoms with Crippen molar-refractivity contribution < 1.29 is 9.59 Å². The zero-order chi connectivity index (χ0) is 14.1. The number of benzene rings is 1. The summed E-state index contributed by atoms with van der Waals surface area (Å²) in [7, 11) is 0. The van der Waals surface area contributed by atoms with Crippen molar-refractivity contribution in [2.24, 2.45) is 5.10 Å². The molecular weight excluding hydrogens is 254 g/mol. The molecule has 1 aromatic carbocycles. The second-order valence-corrected chi connectivity index (χ2v) is 5.24. The first-order valence-electron chi connectivity index (χ1n) is 6.92. The van der Waals surface area contributed by atoms with E-state index in [-0.39, 0.29) is 11.8 Å². The van der Waals surface area contributed by atoms with E-state index in [1.54, 1.807) is 0 Å². The fourth-order valence-electron chi connectivity index (χ4n) is 2.83. The van der Waals surface area contributed by atoms with Gasteiger partial charge in [-0.05, 0) is 30.9 Å². The van der Waals surface area contributed by atoms with Gasteiger partial charge in [-0.1, -0.05) is 18.2 Å². The van der Waals surface area contributed by atoms with E-state index in [4.69, 9.17) is 0 Å². The summed E-state index contributed by atoms with van der Waals surface area (Å²) in [6.07, 6.45) is 2.72. The molecule has 0 saturated heterocycles. The summed E-state index contributed by atoms with van der Waals surface area (Å²) in [6.45, 7) is 2.73. The van der Waals surface area contributed by atoms with Gasteiger partial charge in [0.2, 0.25) is 5.91 Å². The Balaban J connectivity index is 1.93. The summed E-state index contributed by atoms with van der Waals surface area (Å²) in [6, 6.07) is 6.13. The van der Waals surface area contributed by atoms with Gasteiger partial charge in [0, 0.05) is 19.4 Å². The molecule has 0 radical (unpaired) electrons. The van der Waals surface area contributed by atoms with Crippen LogP contribution in [0.25, 0.3) is 0 Å². The third kappa shape index (κ3) is 2.19. The number of fused-ring (bicyclic) bond motifs is 1. The van der Waals surface area contributed by atoms with Crippen molar-refractivity contribution in [2.75, 3.05) is 11.4 Å². The normalized spacial score (nSPS) is 18.1. The molecular formula is C15H17N3O2. The van der Waals surface area contributed by atoms with Gasteiger partial charge in [0.25, 0.3) is 5.91 Å². The van der Waals surface area contributed by atoms with E-state index in [9.17, 15) is 9.59 Å². The van der Waals surface area contributed by atoms with Gasteiger partial charge in [0.15, 0.2) is 0 Å². The lowest BCUT2D eigenvalue weighted by Crippen LogP contribution is -2.43. The van der Waals surface area contributed by atoms with Gasteiger partial charge in [-0.2, -0.15) is 5.10 Å². The number of para-hydroxylation sites is 1. The third-order valence-electron chi connectivity index (χ3n) is 3.82. The first-order chi connectivity index (χ1) is 9.66. The number of carbonyl (C=O) groups excluding carboxylic acids is 2. The van der Waals surface area contributed by atoms with Crippen molar-refractivity contribution in [3.8, 4) is 0 Å². The summed E-state index contributed by atoms with van der Waals surface area (Å²) in [5, 5.41) is 3.91. The van der Waals surface area contributed by atoms with Crippen molar-refractivity contribution in [3.05, 3.63) is 29.3 Å². The van der Waals surface area contributed by atoms with Crippen molar-refractivity contribution in [3.63, 3.8) is 0 Å². The van der Waals surface area contributed by atoms with Gasteiger partial charge in [-0.15, -0.1) is 0 Å². The van der Waals surface area contributed by atoms with E-state index in [1.807, 2.05) is 24.0 Å². The summed E-state index contributed by atoms with van der Waals surface area (Å²) in [5.74, 6) is -0.211. The molecule has 3 rings (SSSR count). The quantitative estimate of drug-likeness (QED) is 0.842. The van der Waals surface area contributed by atoms with Crippen LogP contribution in [0.5, 0.6) is 0 Å². The van der Waals surface area contributed by atoms with Crippen molar-refractivity contribution >= 4 is 23.2 Å². The molecule has 0 aliphatic carbocycles. The highest BCUT2D eigenvalue weighted by atomic mass is 16.2. The second kappa shape index (κ2) is 5.07. The van der Waals surface area contributed by atoms with Crippen LogP contribution < -0.4 is 10.3 Å². The van der Waals surface area contributed by atoms with Crippen LogP contribution >= 0.6 is 0 Å². The molecule has 0 spiro atoms. The van der Waals surface area contributed by atoms with Gasteiger partial charge in [-0.25, -0.2) is 5.43 Å². The van der Waals surface area contributed by atoms with Crippen LogP contribution in [-0.2, 0) is 16.0 Å². The maximum Gasteiger partial charge on any atom is 0.274 e. The minimum atomic E-state index is -0.128. The Morgan fingerprint density at radius 2 is 2.15 bits per heavy atom. The Morgan fingerprint density at radius 1 is 1.30 bits per heavy atom. The third-order valence-corrected chi connectivity index (χ3v) is 3.82. The molecule has 104 valence electrons. The number of hydrogen-bond donors (Lipinski definition) is 1. The van der Waals surface area contributed by atoms with E-state index in [2.05, 4.69) is 16.6 Å². The van der Waals surface area contributed by atoms with E-state index >= 15 is 0 Å². The molecule has 1 aromatic rings. The van der Waals surface area contributed by atoms with Gasteiger partial charge >= 0.3 is 0 Å². The zero-order valence-corrected chi connectivity index (χ0v) is 11.5. The lowest BCUT2D eigenvalue weighted by molar-refractivity contribution is -0.121. The number of hydrogen-bond acceptors (Lipinski definition) is 3. The number of hydrazone groups is 1. The average molecular weight is 271 g/mol. The molecule has 0 unspecified atom stereocenters. The molecule has 0 aromatic heterocycles. The maximum absolute atomic E-state index is 12.6. The molecule has 2 aliphatic rings. The predicted octanol–water partition coefficient (Wildman–Crippen LogP) is 1.54. The lowest BCUT2D eigenvalue weighted by atomic mass is 9.97. The monoisotopic (exact) mass is 271 g/mol. The van der Waals surface area contributed by atoms with Crippen LogP contribution in [0.2, 0.25) is 0 Å². The number of carbonyl (C=O) groups is 2. The molecule has 0 atom stereocenters. The Morgan fingerprint density at radius 3 is 2.90 bits per heavy atom. The molecule has 0 saturated carbocycles. The molecule has 0 bridgehead atoms. The van der Waals surface area contributed by atoms with Crippen LogP contribution in [0.4, 0.5) is 5.69 Å². The topological polar surface area (TPSA) is 61.8 Å². The number of rotatable bonds is 1. The summed E-state index contributed by atoms with van der Waals surface area (Å²) in [5.41, 5.74) is 6.17. The van der Waals surface area contributed by atoms with Crippen LogP contribution in [0.3, 0.4) is 0 Å².